The van der Waals surface area contributed by atoms with Crippen LogP contribution in [0, 0.1) is 6.92 Å². The molecule has 0 saturated heterocycles. The topological polar surface area (TPSA) is 64.4 Å². The monoisotopic (exact) mass is 342 g/mol. The second-order valence-electron chi connectivity index (χ2n) is 5.18. The Morgan fingerprint density at radius 2 is 2.08 bits per heavy atom. The number of hydrogen-bond acceptors (Lipinski definition) is 4. The van der Waals surface area contributed by atoms with Gasteiger partial charge in [0.15, 0.2) is 17.8 Å². The number of hydrogen-bond donors (Lipinski definition) is 1. The Kier molecular flexibility index (Phi) is 4.53. The van der Waals surface area contributed by atoms with E-state index in [-0.39, 0.29) is 11.6 Å². The van der Waals surface area contributed by atoms with Crippen LogP contribution in [0.25, 0.3) is 11.3 Å². The Morgan fingerprint density at radius 3 is 2.83 bits per heavy atom. The second-order valence-corrected chi connectivity index (χ2v) is 5.59. The van der Waals surface area contributed by atoms with Gasteiger partial charge in [-0.25, -0.2) is 4.98 Å². The van der Waals surface area contributed by atoms with Crippen LogP contribution in [0.3, 0.4) is 0 Å². The van der Waals surface area contributed by atoms with E-state index in [4.69, 9.17) is 20.8 Å². The van der Waals surface area contributed by atoms with Crippen LogP contribution in [-0.2, 0) is 0 Å². The van der Waals surface area contributed by atoms with Crippen molar-refractivity contribution in [2.45, 2.75) is 6.92 Å². The first-order chi connectivity index (χ1) is 11.6. The molecule has 0 atom stereocenters. The molecule has 0 spiro atoms. The Hall–Kier alpha value is -2.79. The molecule has 1 N–H and O–H groups in total. The van der Waals surface area contributed by atoms with Gasteiger partial charge >= 0.3 is 0 Å². The fourth-order valence-electron chi connectivity index (χ4n) is 2.24. The zero-order valence-electron chi connectivity index (χ0n) is 13.2. The highest BCUT2D eigenvalue weighted by molar-refractivity contribution is 6.31. The molecule has 0 bridgehead atoms. The number of aromatic nitrogens is 1. The molecule has 3 rings (SSSR count). The maximum atomic E-state index is 12.5. The smallest absolute Gasteiger partial charge is 0.278 e. The molecule has 1 heterocycles. The zero-order valence-corrected chi connectivity index (χ0v) is 13.9. The van der Waals surface area contributed by atoms with E-state index in [1.807, 2.05) is 31.2 Å². The number of ether oxygens (including phenoxy) is 1. The number of oxazole rings is 1. The molecule has 6 heteroatoms. The fourth-order valence-corrected chi connectivity index (χ4v) is 2.42. The van der Waals surface area contributed by atoms with E-state index in [2.05, 4.69) is 10.3 Å². The predicted octanol–water partition coefficient (Wildman–Crippen LogP) is 4.56. The van der Waals surface area contributed by atoms with E-state index in [9.17, 15) is 4.79 Å². The molecule has 24 heavy (non-hydrogen) atoms. The van der Waals surface area contributed by atoms with Gasteiger partial charge in [0.05, 0.1) is 7.11 Å². The number of nitrogens with zero attached hydrogens (tertiary/aromatic N) is 1. The van der Waals surface area contributed by atoms with Crippen LogP contribution in [-0.4, -0.2) is 18.0 Å². The summed E-state index contributed by atoms with van der Waals surface area (Å²) < 4.78 is 10.6. The molecule has 0 radical (unpaired) electrons. The van der Waals surface area contributed by atoms with Crippen molar-refractivity contribution in [3.8, 4) is 17.1 Å². The Balaban J connectivity index is 1.88. The lowest BCUT2D eigenvalue weighted by Gasteiger charge is -2.07. The quantitative estimate of drug-likeness (QED) is 0.754. The number of benzene rings is 2. The van der Waals surface area contributed by atoms with Crippen molar-refractivity contribution in [1.29, 1.82) is 0 Å². The highest BCUT2D eigenvalue weighted by atomic mass is 35.5. The molecule has 0 saturated carbocycles. The second kappa shape index (κ2) is 6.76. The Morgan fingerprint density at radius 1 is 1.25 bits per heavy atom. The Labute approximate surface area is 144 Å². The van der Waals surface area contributed by atoms with Crippen LogP contribution in [0.5, 0.6) is 5.75 Å². The van der Waals surface area contributed by atoms with Gasteiger partial charge in [0.1, 0.15) is 5.75 Å². The third-order valence-electron chi connectivity index (χ3n) is 3.54. The molecule has 0 aliphatic rings. The molecule has 2 aromatic carbocycles. The molecular weight excluding hydrogens is 328 g/mol. The maximum absolute atomic E-state index is 12.5. The number of carbonyl (C=O) groups is 1. The molecule has 122 valence electrons. The third kappa shape index (κ3) is 3.26. The van der Waals surface area contributed by atoms with Gasteiger partial charge in [-0.05, 0) is 36.8 Å². The van der Waals surface area contributed by atoms with Gasteiger partial charge in [-0.15, -0.1) is 0 Å². The first-order valence-corrected chi connectivity index (χ1v) is 7.61. The molecular formula is C18H15ClN2O3. The van der Waals surface area contributed by atoms with E-state index in [1.165, 1.54) is 6.39 Å². The Bertz CT molecular complexity index is 889. The number of rotatable bonds is 4. The minimum atomic E-state index is -0.374. The third-order valence-corrected chi connectivity index (χ3v) is 3.95. The van der Waals surface area contributed by atoms with E-state index < -0.39 is 0 Å². The number of carbonyl (C=O) groups excluding carboxylic acids is 1. The lowest BCUT2D eigenvalue weighted by atomic mass is 10.1. The molecule has 0 aliphatic carbocycles. The van der Waals surface area contributed by atoms with Crippen molar-refractivity contribution in [3.05, 3.63) is 65.1 Å². The first-order valence-electron chi connectivity index (χ1n) is 7.24. The highest BCUT2D eigenvalue weighted by Crippen LogP contribution is 2.27. The average molecular weight is 343 g/mol. The van der Waals surface area contributed by atoms with Crippen LogP contribution < -0.4 is 10.1 Å². The van der Waals surface area contributed by atoms with Gasteiger partial charge in [0, 0.05) is 16.3 Å². The number of nitrogens with one attached hydrogen (secondary N) is 1. The lowest BCUT2D eigenvalue weighted by Crippen LogP contribution is -2.13. The normalized spacial score (nSPS) is 10.5. The number of methoxy groups -OCH3 is 1. The van der Waals surface area contributed by atoms with Crippen LogP contribution in [0.15, 0.2) is 53.3 Å². The summed E-state index contributed by atoms with van der Waals surface area (Å²) in [5, 5.41) is 3.36. The predicted molar refractivity (Wildman–Crippen MR) is 92.6 cm³/mol. The van der Waals surface area contributed by atoms with Crippen molar-refractivity contribution < 1.29 is 13.9 Å². The summed E-state index contributed by atoms with van der Waals surface area (Å²) in [5.74, 6) is 0.673. The van der Waals surface area contributed by atoms with Crippen molar-refractivity contribution in [1.82, 2.24) is 4.98 Å². The number of aryl methyl sites for hydroxylation is 1. The molecule has 1 aromatic heterocycles. The number of amides is 1. The largest absolute Gasteiger partial charge is 0.497 e. The van der Waals surface area contributed by atoms with Crippen molar-refractivity contribution in [2.75, 3.05) is 12.4 Å². The van der Waals surface area contributed by atoms with Crippen LogP contribution in [0.1, 0.15) is 16.1 Å². The molecule has 5 nitrogen and oxygen atoms in total. The van der Waals surface area contributed by atoms with Gasteiger partial charge in [0.25, 0.3) is 5.91 Å². The molecule has 0 fully saturated rings. The van der Waals surface area contributed by atoms with E-state index in [0.29, 0.717) is 27.8 Å². The van der Waals surface area contributed by atoms with Gasteiger partial charge in [-0.3, -0.25) is 4.79 Å². The summed E-state index contributed by atoms with van der Waals surface area (Å²) in [4.78, 5) is 16.5. The van der Waals surface area contributed by atoms with Gasteiger partial charge in [0.2, 0.25) is 0 Å². The van der Waals surface area contributed by atoms with Crippen molar-refractivity contribution in [3.63, 3.8) is 0 Å². The number of halogens is 1. The standard InChI is InChI=1S/C18H15ClN2O3/c1-11-6-7-13(9-15(11)19)21-18(22)16-17(24-10-20-16)12-4-3-5-14(8-12)23-2/h3-10H,1-2H3,(H,21,22). The van der Waals surface area contributed by atoms with Gasteiger partial charge < -0.3 is 14.5 Å². The number of anilines is 1. The van der Waals surface area contributed by atoms with Gasteiger partial charge in [-0.2, -0.15) is 0 Å². The van der Waals surface area contributed by atoms with Crippen LogP contribution >= 0.6 is 11.6 Å². The molecule has 0 unspecified atom stereocenters. The van der Waals surface area contributed by atoms with Crippen LogP contribution in [0.2, 0.25) is 5.02 Å². The van der Waals surface area contributed by atoms with Crippen molar-refractivity contribution >= 4 is 23.2 Å². The molecule has 3 aromatic rings. The lowest BCUT2D eigenvalue weighted by molar-refractivity contribution is 0.102. The SMILES string of the molecule is COc1cccc(-c2ocnc2C(=O)Nc2ccc(C)c(Cl)c2)c1. The molecule has 1 amide bonds. The van der Waals surface area contributed by atoms with Crippen LogP contribution in [0.4, 0.5) is 5.69 Å². The zero-order chi connectivity index (χ0) is 17.1. The summed E-state index contributed by atoms with van der Waals surface area (Å²) >= 11 is 6.08. The van der Waals surface area contributed by atoms with E-state index in [1.54, 1.807) is 25.3 Å². The summed E-state index contributed by atoms with van der Waals surface area (Å²) in [6.07, 6.45) is 1.24. The van der Waals surface area contributed by atoms with E-state index in [0.717, 1.165) is 5.56 Å². The van der Waals surface area contributed by atoms with E-state index >= 15 is 0 Å². The van der Waals surface area contributed by atoms with Gasteiger partial charge in [-0.1, -0.05) is 29.8 Å². The summed E-state index contributed by atoms with van der Waals surface area (Å²) in [7, 11) is 1.58. The summed E-state index contributed by atoms with van der Waals surface area (Å²) in [6.45, 7) is 1.90. The summed E-state index contributed by atoms with van der Waals surface area (Å²) in [6, 6.07) is 12.5. The highest BCUT2D eigenvalue weighted by Gasteiger charge is 2.19. The maximum Gasteiger partial charge on any atom is 0.278 e. The first kappa shape index (κ1) is 16.1. The minimum absolute atomic E-state index is 0.194. The molecule has 0 aliphatic heterocycles. The fraction of sp³-hybridized carbons (Fsp3) is 0.111. The minimum Gasteiger partial charge on any atom is -0.497 e. The summed E-state index contributed by atoms with van der Waals surface area (Å²) in [5.41, 5.74) is 2.43. The average Bonchev–Trinajstić information content (AvgIpc) is 3.08. The van der Waals surface area contributed by atoms with Crippen molar-refractivity contribution in [2.24, 2.45) is 0 Å².